The third kappa shape index (κ3) is 4.45. The van der Waals surface area contributed by atoms with Crippen LogP contribution >= 0.6 is 15.9 Å². The van der Waals surface area contributed by atoms with Crippen LogP contribution in [0.5, 0.6) is 0 Å². The summed E-state index contributed by atoms with van der Waals surface area (Å²) in [5, 5.41) is 2.26. The van der Waals surface area contributed by atoms with Crippen molar-refractivity contribution in [3.63, 3.8) is 0 Å². The Hall–Kier alpha value is -1.57. The monoisotopic (exact) mass is 366 g/mol. The third-order valence-corrected chi connectivity index (χ3v) is 3.18. The first kappa shape index (κ1) is 17.5. The van der Waals surface area contributed by atoms with Crippen LogP contribution in [0.1, 0.15) is 22.8 Å². The molecule has 0 saturated heterocycles. The van der Waals surface area contributed by atoms with Crippen molar-refractivity contribution >= 4 is 27.7 Å². The van der Waals surface area contributed by atoms with Crippen molar-refractivity contribution in [3.8, 4) is 0 Å². The molecule has 21 heavy (non-hydrogen) atoms. The summed E-state index contributed by atoms with van der Waals surface area (Å²) in [4.78, 5) is 24.8. The molecule has 0 saturated carbocycles. The molecule has 1 N–H and O–H groups in total. The van der Waals surface area contributed by atoms with Crippen LogP contribution in [0.25, 0.3) is 0 Å². The van der Waals surface area contributed by atoms with Crippen LogP contribution < -0.4 is 5.32 Å². The Morgan fingerprint density at radius 2 is 1.86 bits per heavy atom. The van der Waals surface area contributed by atoms with Gasteiger partial charge in [0.1, 0.15) is 6.04 Å². The Morgan fingerprint density at radius 3 is 2.33 bits per heavy atom. The Kier molecular flexibility index (Phi) is 5.38. The molecule has 0 aromatic heterocycles. The molecule has 1 aromatic rings. The van der Waals surface area contributed by atoms with Gasteiger partial charge in [0.2, 0.25) is 5.91 Å². The van der Waals surface area contributed by atoms with E-state index in [0.29, 0.717) is 0 Å². The highest BCUT2D eigenvalue weighted by molar-refractivity contribution is 9.10. The van der Waals surface area contributed by atoms with Crippen molar-refractivity contribution in [2.24, 2.45) is 0 Å². The number of hydrogen-bond acceptors (Lipinski definition) is 2. The van der Waals surface area contributed by atoms with Crippen LogP contribution in [0, 0.1) is 0 Å². The maximum atomic E-state index is 12.9. The van der Waals surface area contributed by atoms with Gasteiger partial charge in [-0.15, -0.1) is 0 Å². The number of rotatable bonds is 3. The second-order valence-electron chi connectivity index (χ2n) is 4.62. The van der Waals surface area contributed by atoms with Crippen LogP contribution in [-0.2, 0) is 11.0 Å². The van der Waals surface area contributed by atoms with Crippen LogP contribution in [0.3, 0.4) is 0 Å². The number of amides is 2. The fourth-order valence-corrected chi connectivity index (χ4v) is 2.03. The molecule has 0 radical (unpaired) electrons. The summed E-state index contributed by atoms with van der Waals surface area (Å²) in [6.45, 7) is 1.41. The highest BCUT2D eigenvalue weighted by atomic mass is 79.9. The molecule has 0 aliphatic carbocycles. The van der Waals surface area contributed by atoms with E-state index >= 15 is 0 Å². The van der Waals surface area contributed by atoms with Gasteiger partial charge in [0.15, 0.2) is 0 Å². The molecule has 4 nitrogen and oxygen atoms in total. The minimum Gasteiger partial charge on any atom is -0.347 e. The van der Waals surface area contributed by atoms with Gasteiger partial charge < -0.3 is 10.2 Å². The summed E-state index contributed by atoms with van der Waals surface area (Å²) >= 11 is 2.94. The molecule has 1 unspecified atom stereocenters. The summed E-state index contributed by atoms with van der Waals surface area (Å²) in [6.07, 6.45) is -4.66. The van der Waals surface area contributed by atoms with Gasteiger partial charge in [-0.1, -0.05) is 15.9 Å². The molecule has 1 aromatic carbocycles. The van der Waals surface area contributed by atoms with E-state index in [0.717, 1.165) is 12.1 Å². The summed E-state index contributed by atoms with van der Waals surface area (Å²) in [5.41, 5.74) is -1.58. The molecule has 0 spiro atoms. The van der Waals surface area contributed by atoms with Crippen LogP contribution in [0.15, 0.2) is 22.7 Å². The number of hydrogen-bond donors (Lipinski definition) is 1. The van der Waals surface area contributed by atoms with Gasteiger partial charge in [-0.05, 0) is 25.1 Å². The molecule has 1 rings (SSSR count). The average Bonchev–Trinajstić information content (AvgIpc) is 2.36. The van der Waals surface area contributed by atoms with Gasteiger partial charge in [-0.2, -0.15) is 13.2 Å². The predicted octanol–water partition coefficient (Wildman–Crippen LogP) is 2.67. The molecular weight excluding hydrogens is 353 g/mol. The van der Waals surface area contributed by atoms with Crippen molar-refractivity contribution in [2.45, 2.75) is 19.1 Å². The Bertz CT molecular complexity index is 559. The van der Waals surface area contributed by atoms with Crippen molar-refractivity contribution in [1.29, 1.82) is 0 Å². The number of nitrogens with zero attached hydrogens (tertiary/aromatic N) is 1. The van der Waals surface area contributed by atoms with Gasteiger partial charge >= 0.3 is 6.18 Å². The molecular formula is C13H14BrF3N2O2. The highest BCUT2D eigenvalue weighted by Crippen LogP contribution is 2.33. The van der Waals surface area contributed by atoms with Crippen LogP contribution in [0.4, 0.5) is 13.2 Å². The quantitative estimate of drug-likeness (QED) is 0.893. The summed E-state index contributed by atoms with van der Waals surface area (Å²) < 4.78 is 39.0. The molecule has 116 valence electrons. The Labute approximate surface area is 128 Å². The average molecular weight is 367 g/mol. The zero-order valence-electron chi connectivity index (χ0n) is 11.6. The number of halogens is 4. The first-order valence-corrected chi connectivity index (χ1v) is 6.72. The van der Waals surface area contributed by atoms with Crippen molar-refractivity contribution < 1.29 is 22.8 Å². The van der Waals surface area contributed by atoms with Gasteiger partial charge in [-0.3, -0.25) is 9.59 Å². The van der Waals surface area contributed by atoms with E-state index in [1.165, 1.54) is 32.0 Å². The fourth-order valence-electron chi connectivity index (χ4n) is 1.67. The van der Waals surface area contributed by atoms with Crippen LogP contribution in [0.2, 0.25) is 0 Å². The molecule has 1 atom stereocenters. The van der Waals surface area contributed by atoms with Gasteiger partial charge in [0.05, 0.1) is 11.1 Å². The highest BCUT2D eigenvalue weighted by Gasteiger charge is 2.35. The van der Waals surface area contributed by atoms with E-state index in [-0.39, 0.29) is 4.47 Å². The smallest absolute Gasteiger partial charge is 0.347 e. The second kappa shape index (κ2) is 6.46. The first-order valence-electron chi connectivity index (χ1n) is 5.92. The largest absolute Gasteiger partial charge is 0.417 e. The number of nitrogens with one attached hydrogen (secondary N) is 1. The van der Waals surface area contributed by atoms with Gasteiger partial charge in [0.25, 0.3) is 5.91 Å². The van der Waals surface area contributed by atoms with E-state index in [9.17, 15) is 22.8 Å². The van der Waals surface area contributed by atoms with E-state index < -0.39 is 35.2 Å². The molecule has 0 aliphatic heterocycles. The number of benzene rings is 1. The Balaban J connectivity index is 3.06. The van der Waals surface area contributed by atoms with E-state index in [1.54, 1.807) is 0 Å². The lowest BCUT2D eigenvalue weighted by atomic mass is 10.1. The molecule has 0 heterocycles. The van der Waals surface area contributed by atoms with E-state index in [2.05, 4.69) is 21.2 Å². The number of carbonyl (C=O) groups excluding carboxylic acids is 2. The van der Waals surface area contributed by atoms with Crippen LogP contribution in [-0.4, -0.2) is 36.9 Å². The van der Waals surface area contributed by atoms with E-state index in [1.807, 2.05) is 0 Å². The predicted molar refractivity (Wildman–Crippen MR) is 74.8 cm³/mol. The third-order valence-electron chi connectivity index (χ3n) is 2.69. The Morgan fingerprint density at radius 1 is 1.29 bits per heavy atom. The topological polar surface area (TPSA) is 49.4 Å². The van der Waals surface area contributed by atoms with Crippen molar-refractivity contribution in [2.75, 3.05) is 14.1 Å². The summed E-state index contributed by atoms with van der Waals surface area (Å²) in [6, 6.07) is 2.31. The summed E-state index contributed by atoms with van der Waals surface area (Å²) in [7, 11) is 2.98. The second-order valence-corrected chi connectivity index (χ2v) is 5.53. The van der Waals surface area contributed by atoms with Gasteiger partial charge in [-0.25, -0.2) is 0 Å². The zero-order chi connectivity index (χ0) is 16.4. The molecule has 2 amide bonds. The number of carbonyl (C=O) groups is 2. The number of alkyl halides is 3. The molecule has 0 aliphatic rings. The maximum absolute atomic E-state index is 12.9. The normalized spacial score (nSPS) is 12.7. The lowest BCUT2D eigenvalue weighted by Gasteiger charge is -2.19. The van der Waals surface area contributed by atoms with E-state index in [4.69, 9.17) is 0 Å². The minimum absolute atomic E-state index is 0.212. The lowest BCUT2D eigenvalue weighted by Crippen LogP contribution is -2.44. The molecule has 8 heteroatoms. The SMILES string of the molecule is CC(NC(=O)c1ccc(Br)cc1C(F)(F)F)C(=O)N(C)C. The molecule has 0 fully saturated rings. The summed E-state index contributed by atoms with van der Waals surface area (Å²) in [5.74, 6) is -1.36. The van der Waals surface area contributed by atoms with Crippen molar-refractivity contribution in [3.05, 3.63) is 33.8 Å². The van der Waals surface area contributed by atoms with Crippen molar-refractivity contribution in [1.82, 2.24) is 10.2 Å². The minimum atomic E-state index is -4.66. The number of likely N-dealkylation sites (N-methyl/N-ethyl adjacent to an activating group) is 1. The lowest BCUT2D eigenvalue weighted by molar-refractivity contribution is -0.138. The fraction of sp³-hybridized carbons (Fsp3) is 0.385. The first-order chi connectivity index (χ1) is 9.54. The maximum Gasteiger partial charge on any atom is 0.417 e. The molecule has 0 bridgehead atoms. The zero-order valence-corrected chi connectivity index (χ0v) is 13.2. The van der Waals surface area contributed by atoms with Gasteiger partial charge in [0, 0.05) is 18.6 Å². The standard InChI is InChI=1S/C13H14BrF3N2O2/c1-7(12(21)19(2)3)18-11(20)9-5-4-8(14)6-10(9)13(15,16)17/h4-7H,1-3H3,(H,18,20).